The third-order valence-electron chi connectivity index (χ3n) is 7.33. The number of hydrogen-bond acceptors (Lipinski definition) is 12. The summed E-state index contributed by atoms with van der Waals surface area (Å²) >= 11 is 0. The lowest BCUT2D eigenvalue weighted by Crippen LogP contribution is -2.68. The van der Waals surface area contributed by atoms with Crippen molar-refractivity contribution in [1.82, 2.24) is 9.97 Å². The average molecular weight is 758 g/mol. The Balaban J connectivity index is 0.000000644. The van der Waals surface area contributed by atoms with Gasteiger partial charge in [0.25, 0.3) is 0 Å². The molecule has 0 radical (unpaired) electrons. The number of H-pyrrole nitrogens is 2. The third kappa shape index (κ3) is 13.5. The number of aromatic hydroxyl groups is 2. The minimum absolute atomic E-state index is 0.111. The number of nitrogens with zero attached hydrogens (tertiary/aromatic N) is 2. The van der Waals surface area contributed by atoms with Gasteiger partial charge in [0.05, 0.1) is 10.8 Å². The van der Waals surface area contributed by atoms with Crippen molar-refractivity contribution in [1.29, 1.82) is 0 Å². The predicted molar refractivity (Wildman–Crippen MR) is 170 cm³/mol. The van der Waals surface area contributed by atoms with E-state index in [9.17, 15) is 10.2 Å². The lowest BCUT2D eigenvalue weighted by molar-refractivity contribution is -2.00. The highest BCUT2D eigenvalue weighted by atomic mass is 35.7. The Morgan fingerprint density at radius 1 is 0.500 bits per heavy atom. The van der Waals surface area contributed by atoms with Crippen molar-refractivity contribution >= 4 is 43.6 Å². The minimum Gasteiger partial charge on any atom is -0.507 e. The minimum atomic E-state index is -4.94. The number of para-hydroxylation sites is 4. The second kappa shape index (κ2) is 16.8. The Bertz CT molecular complexity index is 1920. The predicted octanol–water partition coefficient (Wildman–Crippen LogP) is -1.98. The summed E-state index contributed by atoms with van der Waals surface area (Å²) in [4.78, 5) is 16.2. The van der Waals surface area contributed by atoms with Crippen molar-refractivity contribution in [3.8, 4) is 11.5 Å². The van der Waals surface area contributed by atoms with Crippen molar-refractivity contribution in [2.45, 2.75) is 52.4 Å². The molecular formula is C36H38Cl2N4O10. The maximum absolute atomic E-state index is 11.3. The van der Waals surface area contributed by atoms with Gasteiger partial charge in [-0.25, -0.2) is 57.2 Å². The van der Waals surface area contributed by atoms with Crippen LogP contribution in [0.5, 0.6) is 11.5 Å². The van der Waals surface area contributed by atoms with Crippen molar-refractivity contribution in [3.63, 3.8) is 0 Å². The van der Waals surface area contributed by atoms with E-state index in [-0.39, 0.29) is 22.3 Å². The van der Waals surface area contributed by atoms with Gasteiger partial charge < -0.3 is 10.2 Å². The van der Waals surface area contributed by atoms with E-state index in [4.69, 9.17) is 47.2 Å². The number of phenolic OH excluding ortho intramolecular Hbond substituents is 2. The average Bonchev–Trinajstić information content (AvgIpc) is 3.00. The highest BCUT2D eigenvalue weighted by Gasteiger charge is 2.18. The Morgan fingerprint density at radius 3 is 1.12 bits per heavy atom. The highest BCUT2D eigenvalue weighted by Crippen LogP contribution is 2.33. The van der Waals surface area contributed by atoms with Gasteiger partial charge in [-0.3, -0.25) is 0 Å². The fourth-order valence-corrected chi connectivity index (χ4v) is 4.65. The summed E-state index contributed by atoms with van der Waals surface area (Å²) in [6.45, 7) is 12.9. The second-order valence-corrected chi connectivity index (χ2v) is 14.9. The molecule has 16 heteroatoms. The maximum Gasteiger partial charge on any atom is 0.229 e. The number of aromatic amines is 2. The molecule has 4 bridgehead atoms. The molecule has 14 nitrogen and oxygen atoms in total. The largest absolute Gasteiger partial charge is 0.507 e. The zero-order chi connectivity index (χ0) is 39.1. The number of benzene rings is 4. The summed E-state index contributed by atoms with van der Waals surface area (Å²) < 4.78 is 67.9. The first-order chi connectivity index (χ1) is 23.9. The summed E-state index contributed by atoms with van der Waals surface area (Å²) in [6, 6.07) is 23.3. The maximum atomic E-state index is 11.3. The molecule has 0 saturated heterocycles. The fraction of sp³-hybridized carbons (Fsp3) is 0.222. The molecule has 1 heterocycles. The molecule has 0 fully saturated rings. The van der Waals surface area contributed by atoms with Gasteiger partial charge >= 0.3 is 0 Å². The summed E-state index contributed by atoms with van der Waals surface area (Å²) in [7, 11) is -9.89. The molecule has 0 aliphatic rings. The van der Waals surface area contributed by atoms with E-state index >= 15 is 0 Å². The molecule has 0 saturated carbocycles. The molecule has 0 unspecified atom stereocenters. The lowest BCUT2D eigenvalue weighted by atomic mass is 9.86. The summed E-state index contributed by atoms with van der Waals surface area (Å²) in [5.74, 6) is 0.265. The van der Waals surface area contributed by atoms with Gasteiger partial charge in [-0.1, -0.05) is 65.8 Å². The molecular weight excluding hydrogens is 719 g/mol. The van der Waals surface area contributed by atoms with Crippen LogP contribution in [0.15, 0.2) is 97.6 Å². The Kier molecular flexibility index (Phi) is 13.5. The van der Waals surface area contributed by atoms with E-state index in [1.165, 1.54) is 0 Å². The molecule has 5 rings (SSSR count). The number of phenols is 2. The molecule has 0 atom stereocenters. The third-order valence-corrected chi connectivity index (χ3v) is 7.33. The number of nitrogens with one attached hydrogen (secondary N) is 2. The molecule has 52 heavy (non-hydrogen) atoms. The number of fused-ring (bicyclic) bond motifs is 6. The van der Waals surface area contributed by atoms with E-state index in [1.54, 1.807) is 24.8 Å². The lowest BCUT2D eigenvalue weighted by Gasteiger charge is -2.19. The molecule has 4 N–H and O–H groups in total. The first kappa shape index (κ1) is 41.8. The quantitative estimate of drug-likeness (QED) is 0.174. The SMILES string of the molecule is CC(C)(C)c1cc2cnc3ccccc3[nH+]cc3cc(C(C)(C)C)cc(c[nH+]c4ccccc4ncc(c1)c2O)c3O.[O-][Cl+3]([O-])([O-])[O-].[O-][Cl+3]([O-])([O-])[O-]. The van der Waals surface area contributed by atoms with Gasteiger partial charge in [-0.15, -0.1) is 20.5 Å². The summed E-state index contributed by atoms with van der Waals surface area (Å²) in [5, 5.41) is 25.1. The smallest absolute Gasteiger partial charge is 0.229 e. The van der Waals surface area contributed by atoms with Gasteiger partial charge in [-0.05, 0) is 58.4 Å². The Labute approximate surface area is 303 Å². The first-order valence-corrected chi connectivity index (χ1v) is 17.8. The van der Waals surface area contributed by atoms with Gasteiger partial charge in [0.15, 0.2) is 12.4 Å². The normalized spacial score (nSPS) is 11.8. The van der Waals surface area contributed by atoms with Crippen LogP contribution in [0.4, 0.5) is 0 Å². The number of hydrogen-bond donors (Lipinski definition) is 2. The zero-order valence-electron chi connectivity index (χ0n) is 29.0. The van der Waals surface area contributed by atoms with E-state index < -0.39 is 20.5 Å². The molecule has 0 spiro atoms. The fourth-order valence-electron chi connectivity index (χ4n) is 4.65. The summed E-state index contributed by atoms with van der Waals surface area (Å²) in [5.41, 5.74) is 4.76. The van der Waals surface area contributed by atoms with E-state index in [1.807, 2.05) is 72.8 Å². The van der Waals surface area contributed by atoms with Crippen LogP contribution in [-0.2, 0) is 10.8 Å². The van der Waals surface area contributed by atoms with Crippen LogP contribution in [-0.4, -0.2) is 20.2 Å². The standard InChI is InChI=1S/C36H36N4O2.2ClHO4/c1-35(2,3)27-15-23-19-37-29-11-7-9-13-31(29)39-21-25-17-28(36(4,5)6)18-26(34(25)42)22-40-32-14-10-8-12-30(32)38-20-24(16-27)33(23)41;2*2-1(3,4)5/h7-22,41-42H,1-6H3;2*(H,2,3,4,5). The molecule has 0 aliphatic carbocycles. The zero-order valence-corrected chi connectivity index (χ0v) is 30.6. The van der Waals surface area contributed by atoms with Crippen LogP contribution in [0.2, 0.25) is 0 Å². The van der Waals surface area contributed by atoms with E-state index in [0.29, 0.717) is 32.6 Å². The van der Waals surface area contributed by atoms with Gasteiger partial charge in [0.1, 0.15) is 22.5 Å². The Hall–Kier alpha value is -4.58. The van der Waals surface area contributed by atoms with Crippen LogP contribution in [0, 0.1) is 20.5 Å². The molecule has 4 aromatic carbocycles. The monoisotopic (exact) mass is 756 g/mol. The van der Waals surface area contributed by atoms with Crippen LogP contribution >= 0.6 is 0 Å². The number of aromatic nitrogens is 4. The van der Waals surface area contributed by atoms with Crippen LogP contribution in [0.3, 0.4) is 0 Å². The van der Waals surface area contributed by atoms with Gasteiger partial charge in [0.2, 0.25) is 11.0 Å². The number of halogens is 2. The molecule has 0 amide bonds. The molecule has 276 valence electrons. The molecule has 0 aliphatic heterocycles. The van der Waals surface area contributed by atoms with Crippen molar-refractivity contribution < 1.29 is 77.9 Å². The van der Waals surface area contributed by atoms with Crippen molar-refractivity contribution in [2.24, 2.45) is 0 Å². The van der Waals surface area contributed by atoms with Gasteiger partial charge in [-0.2, -0.15) is 0 Å². The topological polar surface area (TPSA) is 279 Å². The summed E-state index contributed by atoms with van der Waals surface area (Å²) in [6.07, 6.45) is 6.97. The number of rotatable bonds is 0. The van der Waals surface area contributed by atoms with Crippen molar-refractivity contribution in [3.05, 3.63) is 109 Å². The molecule has 5 aromatic rings. The highest BCUT2D eigenvalue weighted by molar-refractivity contribution is 5.82. The van der Waals surface area contributed by atoms with E-state index in [2.05, 4.69) is 51.5 Å². The van der Waals surface area contributed by atoms with Crippen LogP contribution in [0.25, 0.3) is 43.6 Å². The Morgan fingerprint density at radius 2 is 0.788 bits per heavy atom. The van der Waals surface area contributed by atoms with Gasteiger partial charge in [0, 0.05) is 35.3 Å². The van der Waals surface area contributed by atoms with Crippen LogP contribution in [0.1, 0.15) is 52.7 Å². The van der Waals surface area contributed by atoms with E-state index in [0.717, 1.165) is 22.2 Å². The van der Waals surface area contributed by atoms with Crippen LogP contribution < -0.4 is 47.2 Å². The van der Waals surface area contributed by atoms with Crippen molar-refractivity contribution in [2.75, 3.05) is 0 Å². The molecule has 1 aromatic heterocycles. The first-order valence-electron chi connectivity index (χ1n) is 15.3. The second-order valence-electron chi connectivity index (χ2n) is 13.4.